The van der Waals surface area contributed by atoms with E-state index in [1.54, 1.807) is 4.90 Å². The molecule has 0 radical (unpaired) electrons. The summed E-state index contributed by atoms with van der Waals surface area (Å²) in [5.74, 6) is -2.25. The molecule has 1 amide bonds. The topological polar surface area (TPSA) is 46.3 Å². The van der Waals surface area contributed by atoms with Crippen LogP contribution in [0.2, 0.25) is 5.02 Å². The number of rotatable bonds is 2. The second-order valence-electron chi connectivity index (χ2n) is 4.39. The zero-order valence-corrected chi connectivity index (χ0v) is 10.4. The van der Waals surface area contributed by atoms with Crippen LogP contribution in [0.25, 0.3) is 0 Å². The summed E-state index contributed by atoms with van der Waals surface area (Å²) in [4.78, 5) is 13.7. The van der Waals surface area contributed by atoms with Gasteiger partial charge in [0, 0.05) is 13.1 Å². The monoisotopic (exact) mass is 274 g/mol. The third-order valence-electron chi connectivity index (χ3n) is 3.15. The van der Waals surface area contributed by atoms with Gasteiger partial charge in [0.1, 0.15) is 0 Å². The predicted molar refractivity (Wildman–Crippen MR) is 64.4 cm³/mol. The van der Waals surface area contributed by atoms with Crippen molar-refractivity contribution in [1.82, 2.24) is 4.90 Å². The second kappa shape index (κ2) is 5.20. The van der Waals surface area contributed by atoms with Crippen molar-refractivity contribution >= 4 is 17.5 Å². The first-order chi connectivity index (χ1) is 8.52. The third-order valence-corrected chi connectivity index (χ3v) is 3.46. The van der Waals surface area contributed by atoms with Gasteiger partial charge in [0.25, 0.3) is 5.91 Å². The Balaban J connectivity index is 2.22. The smallest absolute Gasteiger partial charge is 0.255 e. The van der Waals surface area contributed by atoms with Gasteiger partial charge in [0.2, 0.25) is 0 Å². The van der Waals surface area contributed by atoms with E-state index >= 15 is 0 Å². The van der Waals surface area contributed by atoms with Crippen molar-refractivity contribution in [3.63, 3.8) is 0 Å². The molecule has 0 aromatic heterocycles. The highest BCUT2D eigenvalue weighted by Gasteiger charge is 2.27. The van der Waals surface area contributed by atoms with E-state index in [2.05, 4.69) is 0 Å². The fourth-order valence-electron chi connectivity index (χ4n) is 2.07. The molecule has 98 valence electrons. The molecular weight excluding hydrogens is 262 g/mol. The molecule has 6 heteroatoms. The second-order valence-corrected chi connectivity index (χ2v) is 4.79. The molecule has 18 heavy (non-hydrogen) atoms. The minimum atomic E-state index is -1.07. The Morgan fingerprint density at radius 3 is 2.72 bits per heavy atom. The fraction of sp³-hybridized carbons (Fsp3) is 0.417. The Morgan fingerprint density at radius 2 is 2.11 bits per heavy atom. The van der Waals surface area contributed by atoms with Gasteiger partial charge < -0.3 is 10.6 Å². The number of carbonyl (C=O) groups is 1. The molecule has 3 nitrogen and oxygen atoms in total. The third kappa shape index (κ3) is 2.47. The van der Waals surface area contributed by atoms with E-state index in [1.807, 2.05) is 0 Å². The van der Waals surface area contributed by atoms with Crippen molar-refractivity contribution < 1.29 is 13.6 Å². The summed E-state index contributed by atoms with van der Waals surface area (Å²) in [7, 11) is 0. The van der Waals surface area contributed by atoms with E-state index in [0.29, 0.717) is 19.6 Å². The van der Waals surface area contributed by atoms with Crippen molar-refractivity contribution in [2.45, 2.75) is 6.42 Å². The van der Waals surface area contributed by atoms with Crippen molar-refractivity contribution in [1.29, 1.82) is 0 Å². The van der Waals surface area contributed by atoms with Crippen LogP contribution in [0.4, 0.5) is 8.78 Å². The van der Waals surface area contributed by atoms with E-state index in [-0.39, 0.29) is 22.4 Å². The molecule has 1 unspecified atom stereocenters. The van der Waals surface area contributed by atoms with Crippen molar-refractivity contribution in [2.24, 2.45) is 11.7 Å². The Kier molecular flexibility index (Phi) is 3.82. The number of nitrogens with zero attached hydrogens (tertiary/aromatic N) is 1. The molecule has 1 atom stereocenters. The molecular formula is C12H13ClF2N2O. The zero-order chi connectivity index (χ0) is 13.3. The fourth-order valence-corrected chi connectivity index (χ4v) is 2.30. The number of benzene rings is 1. The minimum absolute atomic E-state index is 0.00626. The van der Waals surface area contributed by atoms with Crippen LogP contribution in [-0.2, 0) is 0 Å². The van der Waals surface area contributed by atoms with Gasteiger partial charge in [-0.15, -0.1) is 0 Å². The molecule has 1 aromatic carbocycles. The zero-order valence-electron chi connectivity index (χ0n) is 9.63. The van der Waals surface area contributed by atoms with Gasteiger partial charge >= 0.3 is 0 Å². The highest BCUT2D eigenvalue weighted by atomic mass is 35.5. The number of likely N-dealkylation sites (tertiary alicyclic amines) is 1. The molecule has 1 heterocycles. The van der Waals surface area contributed by atoms with Crippen molar-refractivity contribution in [2.75, 3.05) is 19.6 Å². The number of hydrogen-bond donors (Lipinski definition) is 1. The van der Waals surface area contributed by atoms with Crippen LogP contribution in [-0.4, -0.2) is 30.4 Å². The van der Waals surface area contributed by atoms with Crippen LogP contribution in [0.5, 0.6) is 0 Å². The Labute approximate surface area is 109 Å². The Hall–Kier alpha value is -1.20. The van der Waals surface area contributed by atoms with E-state index < -0.39 is 11.6 Å². The summed E-state index contributed by atoms with van der Waals surface area (Å²) in [6.07, 6.45) is 0.823. The summed E-state index contributed by atoms with van der Waals surface area (Å²) in [6, 6.07) is 1.66. The summed E-state index contributed by atoms with van der Waals surface area (Å²) < 4.78 is 26.0. The normalized spacial score (nSPS) is 19.3. The minimum Gasteiger partial charge on any atom is -0.338 e. The number of amides is 1. The lowest BCUT2D eigenvalue weighted by Crippen LogP contribution is -2.30. The number of carbonyl (C=O) groups excluding carboxylic acids is 1. The first kappa shape index (κ1) is 13.2. The van der Waals surface area contributed by atoms with Crippen LogP contribution in [0.1, 0.15) is 16.8 Å². The first-order valence-corrected chi connectivity index (χ1v) is 6.04. The van der Waals surface area contributed by atoms with E-state index in [1.165, 1.54) is 0 Å². The predicted octanol–water partition coefficient (Wildman–Crippen LogP) is 2.04. The number of halogens is 3. The molecule has 0 spiro atoms. The van der Waals surface area contributed by atoms with Gasteiger partial charge in [-0.05, 0) is 31.0 Å². The van der Waals surface area contributed by atoms with Gasteiger partial charge in [-0.1, -0.05) is 11.6 Å². The molecule has 1 fully saturated rings. The van der Waals surface area contributed by atoms with Crippen LogP contribution in [0, 0.1) is 17.6 Å². The lowest BCUT2D eigenvalue weighted by Gasteiger charge is -2.17. The molecule has 0 aliphatic carbocycles. The molecule has 2 N–H and O–H groups in total. The largest absolute Gasteiger partial charge is 0.338 e. The van der Waals surface area contributed by atoms with Crippen LogP contribution < -0.4 is 5.73 Å². The lowest BCUT2D eigenvalue weighted by molar-refractivity contribution is 0.0787. The average Bonchev–Trinajstić information content (AvgIpc) is 2.81. The molecule has 1 aliphatic rings. The Bertz CT molecular complexity index is 481. The van der Waals surface area contributed by atoms with Crippen molar-refractivity contribution in [3.05, 3.63) is 34.4 Å². The van der Waals surface area contributed by atoms with Crippen molar-refractivity contribution in [3.8, 4) is 0 Å². The maximum absolute atomic E-state index is 13.1. The molecule has 0 bridgehead atoms. The van der Waals surface area contributed by atoms with Crippen LogP contribution >= 0.6 is 11.6 Å². The molecule has 1 aromatic rings. The maximum atomic E-state index is 13.1. The van der Waals surface area contributed by atoms with E-state index in [9.17, 15) is 13.6 Å². The van der Waals surface area contributed by atoms with Gasteiger partial charge in [0.15, 0.2) is 11.6 Å². The van der Waals surface area contributed by atoms with E-state index in [0.717, 1.165) is 18.6 Å². The number of hydrogen-bond acceptors (Lipinski definition) is 2. The summed E-state index contributed by atoms with van der Waals surface area (Å²) in [5, 5.41) is -0.0740. The summed E-state index contributed by atoms with van der Waals surface area (Å²) in [5.41, 5.74) is 5.53. The number of nitrogens with two attached hydrogens (primary N) is 1. The standard InChI is InChI=1S/C12H13ClF2N2O/c13-9-4-11(15)10(14)3-8(9)12(18)17-2-1-7(5-16)6-17/h3-4,7H,1-2,5-6,16H2. The summed E-state index contributed by atoms with van der Waals surface area (Å²) >= 11 is 5.77. The van der Waals surface area contributed by atoms with Gasteiger partial charge in [-0.25, -0.2) is 8.78 Å². The lowest BCUT2D eigenvalue weighted by atomic mass is 10.1. The first-order valence-electron chi connectivity index (χ1n) is 5.66. The molecule has 1 saturated heterocycles. The van der Waals surface area contributed by atoms with Gasteiger partial charge in [-0.2, -0.15) is 0 Å². The highest BCUT2D eigenvalue weighted by molar-refractivity contribution is 6.33. The average molecular weight is 275 g/mol. The Morgan fingerprint density at radius 1 is 1.44 bits per heavy atom. The SMILES string of the molecule is NCC1CCN(C(=O)c2cc(F)c(F)cc2Cl)C1. The quantitative estimate of drug-likeness (QED) is 0.839. The summed E-state index contributed by atoms with van der Waals surface area (Å²) in [6.45, 7) is 1.61. The van der Waals surface area contributed by atoms with Crippen LogP contribution in [0.3, 0.4) is 0 Å². The maximum Gasteiger partial charge on any atom is 0.255 e. The van der Waals surface area contributed by atoms with Crippen LogP contribution in [0.15, 0.2) is 12.1 Å². The van der Waals surface area contributed by atoms with Gasteiger partial charge in [0.05, 0.1) is 10.6 Å². The molecule has 0 saturated carbocycles. The molecule has 2 rings (SSSR count). The highest BCUT2D eigenvalue weighted by Crippen LogP contribution is 2.24. The van der Waals surface area contributed by atoms with E-state index in [4.69, 9.17) is 17.3 Å². The van der Waals surface area contributed by atoms with Gasteiger partial charge in [-0.3, -0.25) is 4.79 Å². The molecule has 1 aliphatic heterocycles.